The van der Waals surface area contributed by atoms with Gasteiger partial charge in [-0.1, -0.05) is 5.92 Å². The van der Waals surface area contributed by atoms with Crippen molar-refractivity contribution in [3.8, 4) is 12.3 Å². The number of ketones is 1. The quantitative estimate of drug-likeness (QED) is 0.508. The van der Waals surface area contributed by atoms with E-state index in [9.17, 15) is 4.79 Å². The van der Waals surface area contributed by atoms with Gasteiger partial charge in [0.1, 0.15) is 0 Å². The molecule has 2 aromatic rings. The van der Waals surface area contributed by atoms with Gasteiger partial charge in [-0.25, -0.2) is 0 Å². The molecular weight excluding hydrogens is 186 g/mol. The van der Waals surface area contributed by atoms with Gasteiger partial charge in [-0.05, 0) is 30.7 Å². The average Bonchev–Trinajstić information content (AvgIpc) is 2.52. The number of aryl methyl sites for hydroxylation is 1. The fourth-order valence-corrected chi connectivity index (χ4v) is 1.84. The van der Waals surface area contributed by atoms with Gasteiger partial charge in [0.15, 0.2) is 5.78 Å². The summed E-state index contributed by atoms with van der Waals surface area (Å²) in [5.74, 6) is 2.62. The zero-order valence-corrected chi connectivity index (χ0v) is 8.74. The predicted molar refractivity (Wildman–Crippen MR) is 60.1 cm³/mol. The smallest absolute Gasteiger partial charge is 0.176 e. The van der Waals surface area contributed by atoms with Gasteiger partial charge < -0.3 is 4.40 Å². The van der Waals surface area contributed by atoms with Crippen LogP contribution in [0.2, 0.25) is 0 Å². The van der Waals surface area contributed by atoms with Crippen LogP contribution in [0.1, 0.15) is 28.5 Å². The highest BCUT2D eigenvalue weighted by molar-refractivity contribution is 5.95. The molecule has 0 spiro atoms. The first-order valence-electron chi connectivity index (χ1n) is 4.72. The van der Waals surface area contributed by atoms with Crippen LogP contribution in [0.3, 0.4) is 0 Å². The predicted octanol–water partition coefficient (Wildman–Crippen LogP) is 2.43. The maximum Gasteiger partial charge on any atom is 0.176 e. The summed E-state index contributed by atoms with van der Waals surface area (Å²) in [5, 5.41) is 0. The van der Waals surface area contributed by atoms with Crippen LogP contribution in [0.25, 0.3) is 5.52 Å². The van der Waals surface area contributed by atoms with Crippen molar-refractivity contribution in [3.63, 3.8) is 0 Å². The lowest BCUT2D eigenvalue weighted by Gasteiger charge is -2.00. The van der Waals surface area contributed by atoms with Crippen LogP contribution in [-0.2, 0) is 0 Å². The molecule has 2 heterocycles. The highest BCUT2D eigenvalue weighted by Crippen LogP contribution is 2.17. The molecule has 2 nitrogen and oxygen atoms in total. The first-order valence-corrected chi connectivity index (χ1v) is 4.72. The topological polar surface area (TPSA) is 21.5 Å². The number of carbonyl (C=O) groups excluding carboxylic acids is 1. The van der Waals surface area contributed by atoms with Gasteiger partial charge in [0.25, 0.3) is 0 Å². The number of aromatic nitrogens is 1. The van der Waals surface area contributed by atoms with E-state index in [4.69, 9.17) is 6.42 Å². The highest BCUT2D eigenvalue weighted by atomic mass is 16.1. The summed E-state index contributed by atoms with van der Waals surface area (Å²) in [6.07, 6.45) is 7.14. The van der Waals surface area contributed by atoms with E-state index in [-0.39, 0.29) is 5.78 Å². The molecule has 0 unspecified atom stereocenters. The van der Waals surface area contributed by atoms with Crippen molar-refractivity contribution in [1.29, 1.82) is 0 Å². The normalized spacial score (nSPS) is 10.2. The second-order valence-corrected chi connectivity index (χ2v) is 3.59. The summed E-state index contributed by atoms with van der Waals surface area (Å²) >= 11 is 0. The van der Waals surface area contributed by atoms with E-state index in [1.807, 2.05) is 35.7 Å². The summed E-state index contributed by atoms with van der Waals surface area (Å²) in [7, 11) is 0. The van der Waals surface area contributed by atoms with Crippen LogP contribution in [0.4, 0.5) is 0 Å². The molecule has 74 valence electrons. The van der Waals surface area contributed by atoms with E-state index >= 15 is 0 Å². The molecule has 0 radical (unpaired) electrons. The van der Waals surface area contributed by atoms with Gasteiger partial charge in [-0.15, -0.1) is 6.42 Å². The van der Waals surface area contributed by atoms with Gasteiger partial charge in [-0.2, -0.15) is 0 Å². The molecule has 0 aliphatic heterocycles. The van der Waals surface area contributed by atoms with Crippen molar-refractivity contribution in [2.24, 2.45) is 0 Å². The molecule has 0 saturated carbocycles. The van der Waals surface area contributed by atoms with Crippen molar-refractivity contribution < 1.29 is 4.79 Å². The van der Waals surface area contributed by atoms with E-state index in [1.165, 1.54) is 0 Å². The molecule has 0 saturated heterocycles. The number of fused-ring (bicyclic) bond motifs is 1. The minimum Gasteiger partial charge on any atom is -0.312 e. The lowest BCUT2D eigenvalue weighted by molar-refractivity contribution is 0.101. The number of nitrogens with zero attached hydrogens (tertiary/aromatic N) is 1. The Morgan fingerprint density at radius 2 is 2.20 bits per heavy atom. The molecule has 0 aromatic carbocycles. The Bertz CT molecular complexity index is 584. The second kappa shape index (κ2) is 3.29. The monoisotopic (exact) mass is 197 g/mol. The number of pyridine rings is 1. The summed E-state index contributed by atoms with van der Waals surface area (Å²) in [6.45, 7) is 3.50. The fourth-order valence-electron chi connectivity index (χ4n) is 1.84. The Labute approximate surface area is 88.5 Å². The number of rotatable bonds is 1. The van der Waals surface area contributed by atoms with E-state index in [0.29, 0.717) is 5.69 Å². The van der Waals surface area contributed by atoms with Crippen LogP contribution in [0, 0.1) is 19.3 Å². The fraction of sp³-hybridized carbons (Fsp3) is 0.154. The molecule has 2 aromatic heterocycles. The number of hydrogen-bond acceptors (Lipinski definition) is 1. The maximum absolute atomic E-state index is 11.5. The molecule has 2 rings (SSSR count). The first-order chi connectivity index (χ1) is 7.13. The molecule has 0 bridgehead atoms. The van der Waals surface area contributed by atoms with Gasteiger partial charge in [0, 0.05) is 24.2 Å². The zero-order valence-electron chi connectivity index (χ0n) is 8.74. The molecular formula is C13H11NO. The number of carbonyl (C=O) groups is 1. The van der Waals surface area contributed by atoms with Gasteiger partial charge >= 0.3 is 0 Å². The number of terminal acetylenes is 1. The third kappa shape index (κ3) is 1.42. The molecule has 0 aliphatic carbocycles. The van der Waals surface area contributed by atoms with Crippen LogP contribution >= 0.6 is 0 Å². The van der Waals surface area contributed by atoms with E-state index in [1.54, 1.807) is 6.92 Å². The molecule has 0 fully saturated rings. The van der Waals surface area contributed by atoms with E-state index < -0.39 is 0 Å². The summed E-state index contributed by atoms with van der Waals surface area (Å²) in [4.78, 5) is 11.5. The first kappa shape index (κ1) is 9.54. The third-order valence-electron chi connectivity index (χ3n) is 2.46. The lowest BCUT2D eigenvalue weighted by atomic mass is 10.2. The second-order valence-electron chi connectivity index (χ2n) is 3.59. The van der Waals surface area contributed by atoms with Gasteiger partial charge in [0.05, 0.1) is 5.69 Å². The standard InChI is InChI=1S/C13H11NO/c1-4-11-5-6-12-7-9(2)13(10(3)15)14(12)8-11/h1,5-8H,2-3H3. The SMILES string of the molecule is C#Cc1ccc2cc(C)c(C(C)=O)n2c1. The van der Waals surface area contributed by atoms with Crippen molar-refractivity contribution in [2.75, 3.05) is 0 Å². The largest absolute Gasteiger partial charge is 0.312 e. The van der Waals surface area contributed by atoms with Gasteiger partial charge in [0.2, 0.25) is 0 Å². The maximum atomic E-state index is 11.5. The van der Waals surface area contributed by atoms with Gasteiger partial charge in [-0.3, -0.25) is 4.79 Å². The van der Waals surface area contributed by atoms with Crippen molar-refractivity contribution in [3.05, 3.63) is 41.2 Å². The summed E-state index contributed by atoms with van der Waals surface area (Å²) in [6, 6.07) is 5.78. The molecule has 2 heteroatoms. The Morgan fingerprint density at radius 1 is 1.47 bits per heavy atom. The Kier molecular flexibility index (Phi) is 2.09. The lowest BCUT2D eigenvalue weighted by Crippen LogP contribution is -2.00. The van der Waals surface area contributed by atoms with Crippen LogP contribution in [0.5, 0.6) is 0 Å². The van der Waals surface area contributed by atoms with Crippen molar-refractivity contribution >= 4 is 11.3 Å². The third-order valence-corrected chi connectivity index (χ3v) is 2.46. The zero-order chi connectivity index (χ0) is 11.0. The number of hydrogen-bond donors (Lipinski definition) is 0. The average molecular weight is 197 g/mol. The highest BCUT2D eigenvalue weighted by Gasteiger charge is 2.10. The Morgan fingerprint density at radius 3 is 2.80 bits per heavy atom. The number of Topliss-reactive ketones (excluding diaryl/α,β-unsaturated/α-hetero) is 1. The molecule has 0 N–H and O–H groups in total. The van der Waals surface area contributed by atoms with Crippen LogP contribution < -0.4 is 0 Å². The van der Waals surface area contributed by atoms with Crippen molar-refractivity contribution in [2.45, 2.75) is 13.8 Å². The summed E-state index contributed by atoms with van der Waals surface area (Å²) in [5.41, 5.74) is 3.47. The minimum atomic E-state index is 0.0571. The molecule has 0 aliphatic rings. The van der Waals surface area contributed by atoms with E-state index in [0.717, 1.165) is 16.6 Å². The molecule has 15 heavy (non-hydrogen) atoms. The Balaban J connectivity index is 2.85. The minimum absolute atomic E-state index is 0.0571. The van der Waals surface area contributed by atoms with Crippen LogP contribution in [-0.4, -0.2) is 10.2 Å². The van der Waals surface area contributed by atoms with Crippen LogP contribution in [0.15, 0.2) is 24.4 Å². The van der Waals surface area contributed by atoms with E-state index in [2.05, 4.69) is 5.92 Å². The molecule has 0 amide bonds. The Hall–Kier alpha value is -2.01. The summed E-state index contributed by atoms with van der Waals surface area (Å²) < 4.78 is 1.85. The molecule has 0 atom stereocenters. The van der Waals surface area contributed by atoms with Crippen molar-refractivity contribution in [1.82, 2.24) is 4.40 Å².